The molecule has 2 amide bonds. The molecule has 3 aromatic rings. The van der Waals surface area contributed by atoms with Gasteiger partial charge in [0.2, 0.25) is 5.91 Å². The van der Waals surface area contributed by atoms with Gasteiger partial charge in [0.1, 0.15) is 5.82 Å². The largest absolute Gasteiger partial charge is 0.368 e. The number of piperazine rings is 1. The Balaban J connectivity index is 1.17. The predicted molar refractivity (Wildman–Crippen MR) is 164 cm³/mol. The molecule has 0 N–H and O–H groups in total. The van der Waals surface area contributed by atoms with Crippen LogP contribution >= 0.6 is 23.4 Å². The van der Waals surface area contributed by atoms with Gasteiger partial charge in [-0.2, -0.15) is 0 Å². The van der Waals surface area contributed by atoms with E-state index in [2.05, 4.69) is 4.90 Å². The zero-order valence-corrected chi connectivity index (χ0v) is 24.4. The summed E-state index contributed by atoms with van der Waals surface area (Å²) < 4.78 is 13.6. The van der Waals surface area contributed by atoms with Crippen molar-refractivity contribution < 1.29 is 14.0 Å². The van der Waals surface area contributed by atoms with Crippen LogP contribution < -0.4 is 4.90 Å². The number of benzene rings is 3. The number of hydrogen-bond donors (Lipinski definition) is 0. The van der Waals surface area contributed by atoms with Crippen LogP contribution in [0, 0.1) is 11.7 Å². The zero-order valence-electron chi connectivity index (χ0n) is 22.8. The number of thioether (sulfide) groups is 1. The molecule has 3 aromatic carbocycles. The quantitative estimate of drug-likeness (QED) is 0.320. The molecule has 0 spiro atoms. The van der Waals surface area contributed by atoms with E-state index in [0.29, 0.717) is 31.1 Å². The van der Waals surface area contributed by atoms with Gasteiger partial charge < -0.3 is 14.7 Å². The first kappa shape index (κ1) is 27.9. The Kier molecular flexibility index (Phi) is 8.35. The molecule has 3 unspecified atom stereocenters. The molecule has 3 fully saturated rings. The van der Waals surface area contributed by atoms with Crippen molar-refractivity contribution in [1.82, 2.24) is 9.80 Å². The first-order chi connectivity index (χ1) is 19.9. The van der Waals surface area contributed by atoms with Crippen molar-refractivity contribution in [3.8, 4) is 0 Å². The van der Waals surface area contributed by atoms with Crippen LogP contribution in [-0.2, 0) is 16.1 Å². The number of amides is 2. The standard InChI is InChI=1S/C33H33ClFN3O2S/c34-26-9-13-28(14-10-26)36-16-18-37(19-17-36)32(39)25-8-15-30-29(21-25)38(22-24-6-11-27(35)12-7-24)33(40)31(41-30)20-23-4-2-1-3-5-23/h1-7,9-14,20,25,29-30H,8,15-19,21-22H2/b31-20-. The lowest BCUT2D eigenvalue weighted by Crippen LogP contribution is -2.55. The molecule has 6 rings (SSSR count). The van der Waals surface area contributed by atoms with Gasteiger partial charge in [0.15, 0.2) is 0 Å². The summed E-state index contributed by atoms with van der Waals surface area (Å²) in [5.74, 6) is -0.225. The zero-order chi connectivity index (χ0) is 28.3. The Labute approximate surface area is 250 Å². The summed E-state index contributed by atoms with van der Waals surface area (Å²) in [4.78, 5) is 34.6. The second-order valence-corrected chi connectivity index (χ2v) is 12.7. The van der Waals surface area contributed by atoms with E-state index in [4.69, 9.17) is 11.6 Å². The predicted octanol–water partition coefficient (Wildman–Crippen LogP) is 6.48. The number of carbonyl (C=O) groups excluding carboxylic acids is 2. The highest BCUT2D eigenvalue weighted by Gasteiger charge is 2.45. The first-order valence-electron chi connectivity index (χ1n) is 14.2. The fourth-order valence-corrected chi connectivity index (χ4v) is 7.72. The molecule has 1 aliphatic carbocycles. The van der Waals surface area contributed by atoms with Crippen LogP contribution in [0.5, 0.6) is 0 Å². The van der Waals surface area contributed by atoms with Crippen molar-refractivity contribution >= 4 is 46.9 Å². The minimum absolute atomic E-state index is 0.0193. The number of anilines is 1. The highest BCUT2D eigenvalue weighted by Crippen LogP contribution is 2.44. The number of carbonyl (C=O) groups is 2. The van der Waals surface area contributed by atoms with E-state index in [1.165, 1.54) is 12.1 Å². The fraction of sp³-hybridized carbons (Fsp3) is 0.333. The normalized spacial score (nSPS) is 24.0. The van der Waals surface area contributed by atoms with Crippen molar-refractivity contribution in [3.63, 3.8) is 0 Å². The third-order valence-electron chi connectivity index (χ3n) is 8.40. The van der Waals surface area contributed by atoms with E-state index in [9.17, 15) is 14.0 Å². The maximum absolute atomic E-state index is 13.9. The molecular weight excluding hydrogens is 557 g/mol. The fourth-order valence-electron chi connectivity index (χ4n) is 6.18. The molecule has 2 aliphatic heterocycles. The Hall–Kier alpha value is -3.29. The molecule has 0 radical (unpaired) electrons. The summed E-state index contributed by atoms with van der Waals surface area (Å²) in [6.45, 7) is 3.33. The average molecular weight is 590 g/mol. The van der Waals surface area contributed by atoms with Crippen LogP contribution in [-0.4, -0.2) is 59.1 Å². The van der Waals surface area contributed by atoms with Crippen LogP contribution in [0.25, 0.3) is 6.08 Å². The van der Waals surface area contributed by atoms with Crippen LogP contribution in [0.2, 0.25) is 5.02 Å². The molecule has 41 heavy (non-hydrogen) atoms. The van der Waals surface area contributed by atoms with E-state index in [-0.39, 0.29) is 34.8 Å². The van der Waals surface area contributed by atoms with Crippen molar-refractivity contribution in [2.45, 2.75) is 37.1 Å². The topological polar surface area (TPSA) is 43.9 Å². The summed E-state index contributed by atoms with van der Waals surface area (Å²) >= 11 is 7.70. The number of rotatable bonds is 5. The van der Waals surface area contributed by atoms with Gasteiger partial charge >= 0.3 is 0 Å². The number of halogens is 2. The van der Waals surface area contributed by atoms with Crippen molar-refractivity contribution in [3.05, 3.63) is 106 Å². The maximum Gasteiger partial charge on any atom is 0.260 e. The number of nitrogens with zero attached hydrogens (tertiary/aromatic N) is 3. The molecule has 1 saturated carbocycles. The molecule has 212 valence electrons. The number of hydrogen-bond acceptors (Lipinski definition) is 4. The van der Waals surface area contributed by atoms with Crippen molar-refractivity contribution in [1.29, 1.82) is 0 Å². The lowest BCUT2D eigenvalue weighted by atomic mass is 9.83. The van der Waals surface area contributed by atoms with Crippen LogP contribution in [0.15, 0.2) is 83.8 Å². The van der Waals surface area contributed by atoms with Crippen LogP contribution in [0.4, 0.5) is 10.1 Å². The molecule has 8 heteroatoms. The van der Waals surface area contributed by atoms with Gasteiger partial charge in [0, 0.05) is 60.6 Å². The second kappa shape index (κ2) is 12.3. The SMILES string of the molecule is O=C(C1CCC2S/C(=C\c3ccccc3)C(=O)N(Cc3ccc(F)cc3)C2C1)N1CCN(c2ccc(Cl)cc2)CC1. The van der Waals surface area contributed by atoms with Crippen LogP contribution in [0.1, 0.15) is 30.4 Å². The molecular formula is C33H33ClFN3O2S. The van der Waals surface area contributed by atoms with Gasteiger partial charge in [0.05, 0.1) is 4.91 Å². The van der Waals surface area contributed by atoms with Gasteiger partial charge in [0.25, 0.3) is 5.91 Å². The minimum atomic E-state index is -0.295. The summed E-state index contributed by atoms with van der Waals surface area (Å²) in [6.07, 6.45) is 4.31. The van der Waals surface area contributed by atoms with Gasteiger partial charge in [-0.15, -0.1) is 11.8 Å². The lowest BCUT2D eigenvalue weighted by Gasteiger charge is -2.47. The molecule has 3 aliphatic rings. The maximum atomic E-state index is 13.9. The highest BCUT2D eigenvalue weighted by atomic mass is 35.5. The Morgan fingerprint density at radius 2 is 1.63 bits per heavy atom. The highest BCUT2D eigenvalue weighted by molar-refractivity contribution is 8.04. The molecule has 2 saturated heterocycles. The monoisotopic (exact) mass is 589 g/mol. The molecule has 0 bridgehead atoms. The summed E-state index contributed by atoms with van der Waals surface area (Å²) in [5.41, 5.74) is 3.00. The summed E-state index contributed by atoms with van der Waals surface area (Å²) in [5, 5.41) is 0.933. The van der Waals surface area contributed by atoms with Crippen molar-refractivity contribution in [2.75, 3.05) is 31.1 Å². The molecule has 5 nitrogen and oxygen atoms in total. The van der Waals surface area contributed by atoms with E-state index >= 15 is 0 Å². The number of fused-ring (bicyclic) bond motifs is 1. The minimum Gasteiger partial charge on any atom is -0.368 e. The molecule has 2 heterocycles. The lowest BCUT2D eigenvalue weighted by molar-refractivity contribution is -0.140. The smallest absolute Gasteiger partial charge is 0.260 e. The van der Waals surface area contributed by atoms with Gasteiger partial charge in [-0.1, -0.05) is 54.1 Å². The van der Waals surface area contributed by atoms with E-state index in [0.717, 1.165) is 47.7 Å². The van der Waals surface area contributed by atoms with Gasteiger partial charge in [-0.05, 0) is 72.9 Å². The molecule has 3 atom stereocenters. The van der Waals surface area contributed by atoms with Gasteiger partial charge in [-0.3, -0.25) is 9.59 Å². The summed E-state index contributed by atoms with van der Waals surface area (Å²) in [6, 6.07) is 24.0. The Morgan fingerprint density at radius 3 is 2.34 bits per heavy atom. The van der Waals surface area contributed by atoms with Crippen LogP contribution in [0.3, 0.4) is 0 Å². The average Bonchev–Trinajstić information content (AvgIpc) is 3.01. The van der Waals surface area contributed by atoms with Crippen molar-refractivity contribution in [2.24, 2.45) is 5.92 Å². The first-order valence-corrected chi connectivity index (χ1v) is 15.5. The third kappa shape index (κ3) is 6.31. The Bertz CT molecular complexity index is 1410. The van der Waals surface area contributed by atoms with E-state index in [1.54, 1.807) is 23.9 Å². The van der Waals surface area contributed by atoms with E-state index in [1.807, 2.05) is 70.5 Å². The van der Waals surface area contributed by atoms with Gasteiger partial charge in [-0.25, -0.2) is 4.39 Å². The second-order valence-electron chi connectivity index (χ2n) is 11.0. The summed E-state index contributed by atoms with van der Waals surface area (Å²) in [7, 11) is 0. The van der Waals surface area contributed by atoms with E-state index < -0.39 is 0 Å². The molecule has 0 aromatic heterocycles. The Morgan fingerprint density at radius 1 is 0.927 bits per heavy atom. The third-order valence-corrected chi connectivity index (χ3v) is 10.1.